The zero-order valence-electron chi connectivity index (χ0n) is 19.1. The zero-order valence-corrected chi connectivity index (χ0v) is 22.8. The third-order valence-corrected chi connectivity index (χ3v) is 5.25. The van der Waals surface area contributed by atoms with E-state index in [1.165, 1.54) is 16.3 Å². The van der Waals surface area contributed by atoms with Gasteiger partial charge in [0.2, 0.25) is 0 Å². The summed E-state index contributed by atoms with van der Waals surface area (Å²) < 4.78 is 0. The molecule has 0 N–H and O–H groups in total. The molecule has 0 bridgehead atoms. The van der Waals surface area contributed by atoms with Gasteiger partial charge in [-0.05, 0) is 22.9 Å². The minimum Gasteiger partial charge on any atom is -1.00 e. The maximum Gasteiger partial charge on any atom is 2.00 e. The normalized spacial score (nSPS) is 9.40. The molecule has 6 rings (SSSR count). The molecule has 6 aromatic rings. The van der Waals surface area contributed by atoms with Gasteiger partial charge in [-0.3, -0.25) is 4.98 Å². The molecule has 0 radical (unpaired) electrons. The summed E-state index contributed by atoms with van der Waals surface area (Å²) >= 11 is 5.85. The number of pyridine rings is 2. The van der Waals surface area contributed by atoms with Crippen LogP contribution < -0.4 is 17.0 Å². The Balaban J connectivity index is 0.000000199. The van der Waals surface area contributed by atoms with Crippen LogP contribution in [0.15, 0.2) is 134 Å². The molecule has 0 aliphatic heterocycles. The van der Waals surface area contributed by atoms with Crippen LogP contribution in [0.5, 0.6) is 0 Å². The van der Waals surface area contributed by atoms with Gasteiger partial charge in [0.25, 0.3) is 0 Å². The molecular weight excluding hydrogens is 528 g/mol. The first-order valence-electron chi connectivity index (χ1n) is 10.6. The van der Waals surface area contributed by atoms with Crippen molar-refractivity contribution in [1.82, 2.24) is 9.97 Å². The van der Waals surface area contributed by atoms with E-state index < -0.39 is 0 Å². The molecule has 4 aromatic carbocycles. The molecule has 0 unspecified atom stereocenters. The Hall–Kier alpha value is -2.76. The van der Waals surface area contributed by atoms with E-state index in [4.69, 9.17) is 11.6 Å². The zero-order chi connectivity index (χ0) is 22.7. The molecule has 2 aromatic heterocycles. The summed E-state index contributed by atoms with van der Waals surface area (Å²) in [5.41, 5.74) is 2.22. The first-order valence-corrected chi connectivity index (χ1v) is 11.0. The van der Waals surface area contributed by atoms with E-state index in [1.807, 2.05) is 91.1 Å². The summed E-state index contributed by atoms with van der Waals surface area (Å²) in [6, 6.07) is 43.0. The van der Waals surface area contributed by atoms with Crippen molar-refractivity contribution in [3.8, 4) is 11.3 Å². The Kier molecular flexibility index (Phi) is 12.4. The fraction of sp³-hybridized carbons (Fsp3) is 0. The molecule has 35 heavy (non-hydrogen) atoms. The van der Waals surface area contributed by atoms with E-state index in [0.717, 1.165) is 16.5 Å². The number of rotatable bonds is 1. The van der Waals surface area contributed by atoms with Gasteiger partial charge in [-0.15, -0.1) is 0 Å². The SMILES string of the molecule is Clc1nccc2ccccc12.[Br-].[Mg+2].[c-]1ccccc1.c1ccc(-c2nccc3ccccc23)cc1. The maximum atomic E-state index is 5.85. The van der Waals surface area contributed by atoms with Crippen molar-refractivity contribution in [2.24, 2.45) is 0 Å². The van der Waals surface area contributed by atoms with E-state index in [0.29, 0.717) is 5.15 Å². The Morgan fingerprint density at radius 1 is 0.543 bits per heavy atom. The van der Waals surface area contributed by atoms with Crippen LogP contribution in [0.1, 0.15) is 0 Å². The monoisotopic (exact) mass is 548 g/mol. The van der Waals surface area contributed by atoms with Crippen LogP contribution in [0.3, 0.4) is 0 Å². The molecule has 0 atom stereocenters. The molecule has 0 spiro atoms. The Morgan fingerprint density at radius 3 is 1.63 bits per heavy atom. The summed E-state index contributed by atoms with van der Waals surface area (Å²) in [6.07, 6.45) is 3.58. The number of hydrogen-bond acceptors (Lipinski definition) is 2. The number of benzene rings is 4. The van der Waals surface area contributed by atoms with Crippen LogP contribution >= 0.6 is 11.6 Å². The average Bonchev–Trinajstić information content (AvgIpc) is 2.91. The third kappa shape index (κ3) is 8.15. The fourth-order valence-corrected chi connectivity index (χ4v) is 3.60. The maximum absolute atomic E-state index is 5.85. The Labute approximate surface area is 238 Å². The van der Waals surface area contributed by atoms with E-state index in [-0.39, 0.29) is 40.0 Å². The average molecular weight is 550 g/mol. The number of fused-ring (bicyclic) bond motifs is 2. The van der Waals surface area contributed by atoms with Gasteiger partial charge in [0.05, 0.1) is 5.69 Å². The minimum absolute atomic E-state index is 0. The molecule has 0 saturated carbocycles. The Morgan fingerprint density at radius 2 is 1.06 bits per heavy atom. The number of nitrogens with zero attached hydrogens (tertiary/aromatic N) is 2. The van der Waals surface area contributed by atoms with Gasteiger partial charge in [-0.25, -0.2) is 4.98 Å². The van der Waals surface area contributed by atoms with E-state index in [2.05, 4.69) is 52.4 Å². The van der Waals surface area contributed by atoms with Crippen LogP contribution in [0.4, 0.5) is 0 Å². The second-order valence-corrected chi connectivity index (χ2v) is 7.50. The molecular formula is C30H22BrClMgN2. The minimum atomic E-state index is 0. The van der Waals surface area contributed by atoms with Gasteiger partial charge >= 0.3 is 23.1 Å². The molecule has 0 amide bonds. The predicted molar refractivity (Wildman–Crippen MR) is 145 cm³/mol. The smallest absolute Gasteiger partial charge is 1.00 e. The second-order valence-electron chi connectivity index (χ2n) is 7.15. The number of halogens is 2. The number of hydrogen-bond donors (Lipinski definition) is 0. The molecule has 0 saturated heterocycles. The van der Waals surface area contributed by atoms with Gasteiger partial charge in [-0.2, -0.15) is 36.4 Å². The van der Waals surface area contributed by atoms with Crippen molar-refractivity contribution in [3.63, 3.8) is 0 Å². The number of aromatic nitrogens is 2. The van der Waals surface area contributed by atoms with E-state index in [9.17, 15) is 0 Å². The van der Waals surface area contributed by atoms with Gasteiger partial charge < -0.3 is 17.0 Å². The molecule has 5 heteroatoms. The quantitative estimate of drug-likeness (QED) is 0.166. The molecule has 2 heterocycles. The van der Waals surface area contributed by atoms with Crippen LogP contribution in [-0.4, -0.2) is 33.0 Å². The molecule has 0 aliphatic rings. The third-order valence-electron chi connectivity index (χ3n) is 4.95. The van der Waals surface area contributed by atoms with Crippen molar-refractivity contribution in [3.05, 3.63) is 145 Å². The van der Waals surface area contributed by atoms with Gasteiger partial charge in [0.15, 0.2) is 0 Å². The van der Waals surface area contributed by atoms with Crippen LogP contribution in [0, 0.1) is 6.07 Å². The van der Waals surface area contributed by atoms with E-state index >= 15 is 0 Å². The molecule has 168 valence electrons. The standard InChI is InChI=1S/C15H11N.C9H6ClN.C6H5.BrH.Mg/c1-2-7-13(8-3-1)15-14-9-5-4-6-12(14)10-11-16-15;10-9-8-4-2-1-3-7(8)5-6-11-9;1-2-4-6-5-3-1;;/h1-11H;1-6H;1-5H;1H;/q;;-1;;+2/p-1. The summed E-state index contributed by atoms with van der Waals surface area (Å²) in [6.45, 7) is 0. The predicted octanol–water partition coefficient (Wildman–Crippen LogP) is 4.90. The first kappa shape index (κ1) is 28.5. The van der Waals surface area contributed by atoms with Gasteiger partial charge in [-0.1, -0.05) is 90.5 Å². The summed E-state index contributed by atoms with van der Waals surface area (Å²) in [7, 11) is 0. The van der Waals surface area contributed by atoms with Crippen molar-refractivity contribution < 1.29 is 17.0 Å². The van der Waals surface area contributed by atoms with Gasteiger partial charge in [0, 0.05) is 28.7 Å². The summed E-state index contributed by atoms with van der Waals surface area (Å²) in [5, 5.41) is 5.15. The largest absolute Gasteiger partial charge is 2.00 e. The second kappa shape index (κ2) is 15.3. The Bertz CT molecular complexity index is 1390. The topological polar surface area (TPSA) is 25.8 Å². The van der Waals surface area contributed by atoms with Gasteiger partial charge in [0.1, 0.15) is 5.15 Å². The van der Waals surface area contributed by atoms with Crippen molar-refractivity contribution >= 4 is 56.2 Å². The van der Waals surface area contributed by atoms with Crippen LogP contribution in [-0.2, 0) is 0 Å². The molecule has 2 nitrogen and oxygen atoms in total. The van der Waals surface area contributed by atoms with Crippen LogP contribution in [0.25, 0.3) is 32.8 Å². The van der Waals surface area contributed by atoms with Crippen LogP contribution in [0.2, 0.25) is 5.15 Å². The van der Waals surface area contributed by atoms with Crippen molar-refractivity contribution in [2.75, 3.05) is 0 Å². The molecule has 0 fully saturated rings. The molecule has 0 aliphatic carbocycles. The summed E-state index contributed by atoms with van der Waals surface area (Å²) in [5.74, 6) is 0. The summed E-state index contributed by atoms with van der Waals surface area (Å²) in [4.78, 5) is 8.45. The fourth-order valence-electron chi connectivity index (χ4n) is 3.37. The van der Waals surface area contributed by atoms with Crippen molar-refractivity contribution in [1.29, 1.82) is 0 Å². The van der Waals surface area contributed by atoms with Crippen molar-refractivity contribution in [2.45, 2.75) is 0 Å². The van der Waals surface area contributed by atoms with E-state index in [1.54, 1.807) is 6.20 Å². The first-order chi connectivity index (χ1) is 16.3.